The summed E-state index contributed by atoms with van der Waals surface area (Å²) in [6.07, 6.45) is 3.25. The van der Waals surface area contributed by atoms with E-state index in [1.54, 1.807) is 8.61 Å². The van der Waals surface area contributed by atoms with Crippen LogP contribution in [0.5, 0.6) is 0 Å². The van der Waals surface area contributed by atoms with Crippen molar-refractivity contribution in [3.8, 4) is 0 Å². The van der Waals surface area contributed by atoms with E-state index in [0.29, 0.717) is 38.3 Å². The zero-order valence-corrected chi connectivity index (χ0v) is 11.5. The molecule has 17 heavy (non-hydrogen) atoms. The zero-order chi connectivity index (χ0) is 12.5. The topological polar surface area (TPSA) is 52.7 Å². The number of fused-ring (bicyclic) bond motifs is 2. The minimum Gasteiger partial charge on any atom is -0.310 e. The largest absolute Gasteiger partial charge is 0.310 e. The summed E-state index contributed by atoms with van der Waals surface area (Å²) < 4.78 is 28.0. The molecule has 2 unspecified atom stereocenters. The van der Waals surface area contributed by atoms with Crippen molar-refractivity contribution in [2.45, 2.75) is 45.2 Å². The van der Waals surface area contributed by atoms with E-state index < -0.39 is 10.2 Å². The highest BCUT2D eigenvalue weighted by atomic mass is 32.2. The molecule has 2 aliphatic rings. The van der Waals surface area contributed by atoms with Crippen molar-refractivity contribution < 1.29 is 8.42 Å². The first-order valence-corrected chi connectivity index (χ1v) is 7.98. The van der Waals surface area contributed by atoms with E-state index in [1.807, 2.05) is 13.8 Å². The van der Waals surface area contributed by atoms with Crippen LogP contribution in [0.1, 0.15) is 33.1 Å². The summed E-state index contributed by atoms with van der Waals surface area (Å²) in [6.45, 7) is 6.18. The highest BCUT2D eigenvalue weighted by Crippen LogP contribution is 2.23. The minimum absolute atomic E-state index is 0.354. The molecule has 0 radical (unpaired) electrons. The lowest BCUT2D eigenvalue weighted by Crippen LogP contribution is -2.47. The van der Waals surface area contributed by atoms with Gasteiger partial charge < -0.3 is 5.32 Å². The van der Waals surface area contributed by atoms with E-state index in [9.17, 15) is 8.42 Å². The van der Waals surface area contributed by atoms with Crippen molar-refractivity contribution in [3.63, 3.8) is 0 Å². The number of nitrogens with one attached hydrogen (secondary N) is 1. The molecule has 0 saturated carbocycles. The fourth-order valence-corrected chi connectivity index (χ4v) is 4.52. The summed E-state index contributed by atoms with van der Waals surface area (Å²) in [5.74, 6) is 0. The molecule has 2 bridgehead atoms. The van der Waals surface area contributed by atoms with Crippen molar-refractivity contribution in [1.29, 1.82) is 0 Å². The first-order valence-electron chi connectivity index (χ1n) is 6.59. The molecule has 6 heteroatoms. The Hall–Kier alpha value is -0.170. The van der Waals surface area contributed by atoms with E-state index in [2.05, 4.69) is 5.32 Å². The van der Waals surface area contributed by atoms with Gasteiger partial charge in [-0.15, -0.1) is 0 Å². The lowest BCUT2D eigenvalue weighted by molar-refractivity contribution is 0.334. The van der Waals surface area contributed by atoms with Gasteiger partial charge in [-0.25, -0.2) is 0 Å². The molecular formula is C11H23N3O2S. The van der Waals surface area contributed by atoms with Crippen molar-refractivity contribution in [2.75, 3.05) is 26.2 Å². The summed E-state index contributed by atoms with van der Waals surface area (Å²) >= 11 is 0. The number of hydrogen-bond donors (Lipinski definition) is 1. The average Bonchev–Trinajstić information content (AvgIpc) is 2.58. The van der Waals surface area contributed by atoms with Crippen LogP contribution < -0.4 is 5.32 Å². The number of nitrogens with zero attached hydrogens (tertiary/aromatic N) is 2. The van der Waals surface area contributed by atoms with Crippen molar-refractivity contribution >= 4 is 10.2 Å². The fraction of sp³-hybridized carbons (Fsp3) is 1.00. The van der Waals surface area contributed by atoms with Gasteiger partial charge in [0, 0.05) is 38.3 Å². The monoisotopic (exact) mass is 261 g/mol. The van der Waals surface area contributed by atoms with Gasteiger partial charge in [0.25, 0.3) is 10.2 Å². The number of hydrogen-bond acceptors (Lipinski definition) is 3. The molecule has 0 amide bonds. The summed E-state index contributed by atoms with van der Waals surface area (Å²) in [7, 11) is -3.24. The molecule has 0 spiro atoms. The quantitative estimate of drug-likeness (QED) is 0.797. The van der Waals surface area contributed by atoms with Gasteiger partial charge in [0.05, 0.1) is 0 Å². The maximum Gasteiger partial charge on any atom is 0.282 e. The van der Waals surface area contributed by atoms with Gasteiger partial charge in [-0.1, -0.05) is 13.8 Å². The summed E-state index contributed by atoms with van der Waals surface area (Å²) in [5.41, 5.74) is 0. The highest BCUT2D eigenvalue weighted by molar-refractivity contribution is 7.86. The van der Waals surface area contributed by atoms with Crippen LogP contribution in [0.2, 0.25) is 0 Å². The molecule has 2 rings (SSSR count). The zero-order valence-electron chi connectivity index (χ0n) is 10.7. The first kappa shape index (κ1) is 13.3. The van der Waals surface area contributed by atoms with Crippen LogP contribution in [0.4, 0.5) is 0 Å². The van der Waals surface area contributed by atoms with E-state index in [-0.39, 0.29) is 0 Å². The van der Waals surface area contributed by atoms with Gasteiger partial charge in [-0.2, -0.15) is 17.0 Å². The molecule has 0 aromatic rings. The minimum atomic E-state index is -3.24. The lowest BCUT2D eigenvalue weighted by atomic mass is 10.1. The van der Waals surface area contributed by atoms with Crippen LogP contribution >= 0.6 is 0 Å². The second-order valence-electron chi connectivity index (χ2n) is 4.88. The SMILES string of the molecule is CCN(CC)S(=O)(=O)N1CCC2CCC(C1)N2. The van der Waals surface area contributed by atoms with Gasteiger partial charge in [0.2, 0.25) is 0 Å². The van der Waals surface area contributed by atoms with Gasteiger partial charge in [-0.05, 0) is 19.3 Å². The third-order valence-electron chi connectivity index (χ3n) is 3.84. The Balaban J connectivity index is 2.11. The van der Waals surface area contributed by atoms with E-state index in [1.165, 1.54) is 6.42 Å². The normalized spacial score (nSPS) is 30.8. The fourth-order valence-electron chi connectivity index (χ4n) is 2.83. The van der Waals surface area contributed by atoms with Crippen LogP contribution in [0.25, 0.3) is 0 Å². The maximum absolute atomic E-state index is 12.4. The molecule has 0 aromatic carbocycles. The van der Waals surface area contributed by atoms with E-state index >= 15 is 0 Å². The predicted octanol–water partition coefficient (Wildman–Crippen LogP) is 0.399. The van der Waals surface area contributed by atoms with Gasteiger partial charge in [0.1, 0.15) is 0 Å². The van der Waals surface area contributed by atoms with Gasteiger partial charge >= 0.3 is 0 Å². The van der Waals surface area contributed by atoms with Crippen LogP contribution in [0.15, 0.2) is 0 Å². The third-order valence-corrected chi connectivity index (χ3v) is 6.00. The van der Waals surface area contributed by atoms with Crippen LogP contribution in [-0.2, 0) is 10.2 Å². The molecule has 2 atom stereocenters. The second kappa shape index (κ2) is 5.22. The standard InChI is InChI=1S/C11H23N3O2S/c1-3-13(4-2)17(15,16)14-8-7-10-5-6-11(9-14)12-10/h10-12H,3-9H2,1-2H3. The van der Waals surface area contributed by atoms with Crippen LogP contribution in [0.3, 0.4) is 0 Å². The third kappa shape index (κ3) is 2.65. The first-order chi connectivity index (χ1) is 8.07. The molecule has 2 saturated heterocycles. The predicted molar refractivity (Wildman–Crippen MR) is 68.0 cm³/mol. The Morgan fingerprint density at radius 2 is 1.82 bits per heavy atom. The van der Waals surface area contributed by atoms with Gasteiger partial charge in [0.15, 0.2) is 0 Å². The average molecular weight is 261 g/mol. The highest BCUT2D eigenvalue weighted by Gasteiger charge is 2.36. The van der Waals surface area contributed by atoms with Crippen molar-refractivity contribution in [1.82, 2.24) is 13.9 Å². The molecule has 2 heterocycles. The maximum atomic E-state index is 12.4. The Morgan fingerprint density at radius 3 is 2.47 bits per heavy atom. The lowest BCUT2D eigenvalue weighted by Gasteiger charge is -2.29. The molecule has 100 valence electrons. The Labute approximate surface area is 104 Å². The van der Waals surface area contributed by atoms with E-state index in [4.69, 9.17) is 0 Å². The molecule has 0 aromatic heterocycles. The molecule has 5 nitrogen and oxygen atoms in total. The molecule has 2 aliphatic heterocycles. The molecular weight excluding hydrogens is 238 g/mol. The molecule has 0 aliphatic carbocycles. The number of rotatable bonds is 4. The van der Waals surface area contributed by atoms with Crippen LogP contribution in [-0.4, -0.2) is 55.3 Å². The Kier molecular flexibility index (Phi) is 4.07. The Bertz CT molecular complexity index is 354. The smallest absolute Gasteiger partial charge is 0.282 e. The summed E-state index contributed by atoms with van der Waals surface area (Å²) in [5, 5.41) is 3.51. The molecule has 1 N–H and O–H groups in total. The molecule has 2 fully saturated rings. The summed E-state index contributed by atoms with van der Waals surface area (Å²) in [4.78, 5) is 0. The van der Waals surface area contributed by atoms with Crippen molar-refractivity contribution in [2.24, 2.45) is 0 Å². The van der Waals surface area contributed by atoms with E-state index in [0.717, 1.165) is 12.8 Å². The Morgan fingerprint density at radius 1 is 1.18 bits per heavy atom. The van der Waals surface area contributed by atoms with Gasteiger partial charge in [-0.3, -0.25) is 0 Å². The van der Waals surface area contributed by atoms with Crippen molar-refractivity contribution in [3.05, 3.63) is 0 Å². The second-order valence-corrected chi connectivity index (χ2v) is 6.81. The van der Waals surface area contributed by atoms with Crippen LogP contribution in [0, 0.1) is 0 Å². The summed E-state index contributed by atoms with van der Waals surface area (Å²) in [6, 6.07) is 0.879.